The monoisotopic (exact) mass is 290 g/mol. The molecule has 6 nitrogen and oxygen atoms in total. The Bertz CT molecular complexity index is 544. The van der Waals surface area contributed by atoms with Crippen LogP contribution < -0.4 is 15.5 Å². The van der Waals surface area contributed by atoms with E-state index in [-0.39, 0.29) is 24.4 Å². The summed E-state index contributed by atoms with van der Waals surface area (Å²) in [4.78, 5) is 29.8. The van der Waals surface area contributed by atoms with Crippen molar-refractivity contribution < 1.29 is 9.59 Å². The molecule has 2 amide bonds. The number of rotatable bonds is 5. The number of nitrogens with one attached hydrogen (secondary N) is 2. The molecule has 1 atom stereocenters. The Morgan fingerprint density at radius 1 is 1.43 bits per heavy atom. The molecule has 0 spiro atoms. The molecule has 2 rings (SSSR count). The highest BCUT2D eigenvalue weighted by Gasteiger charge is 2.33. The fourth-order valence-corrected chi connectivity index (χ4v) is 2.59. The predicted molar refractivity (Wildman–Crippen MR) is 80.9 cm³/mol. The Balaban J connectivity index is 2.26. The van der Waals surface area contributed by atoms with Crippen molar-refractivity contribution in [3.8, 4) is 0 Å². The normalized spacial score (nSPS) is 18.8. The van der Waals surface area contributed by atoms with Gasteiger partial charge in [-0.15, -0.1) is 0 Å². The standard InChI is InChI=1S/C15H22N4O2/c1-4-12-15(21)18-13(20)9-19(12)14-10(3)6-11(8-17-14)7-16-5-2/h6,8,12,16H,4-5,7,9H2,1-3H3,(H,18,20,21). The van der Waals surface area contributed by atoms with E-state index in [1.807, 2.05) is 13.8 Å². The van der Waals surface area contributed by atoms with Crippen LogP contribution in [0.5, 0.6) is 0 Å². The number of carbonyl (C=O) groups is 2. The average Bonchev–Trinajstić information content (AvgIpc) is 2.44. The molecule has 1 aliphatic heterocycles. The van der Waals surface area contributed by atoms with Gasteiger partial charge in [0.25, 0.3) is 0 Å². The van der Waals surface area contributed by atoms with Gasteiger partial charge in [-0.1, -0.05) is 13.8 Å². The molecule has 1 saturated heterocycles. The third-order valence-corrected chi connectivity index (χ3v) is 3.60. The lowest BCUT2D eigenvalue weighted by Crippen LogP contribution is -2.58. The van der Waals surface area contributed by atoms with Gasteiger partial charge in [-0.05, 0) is 37.1 Å². The average molecular weight is 290 g/mol. The summed E-state index contributed by atoms with van der Waals surface area (Å²) >= 11 is 0. The summed E-state index contributed by atoms with van der Waals surface area (Å²) in [5.41, 5.74) is 2.07. The molecule has 0 saturated carbocycles. The van der Waals surface area contributed by atoms with Crippen molar-refractivity contribution in [3.05, 3.63) is 23.4 Å². The van der Waals surface area contributed by atoms with Crippen molar-refractivity contribution in [2.24, 2.45) is 0 Å². The van der Waals surface area contributed by atoms with E-state index in [1.54, 1.807) is 11.1 Å². The second-order valence-electron chi connectivity index (χ2n) is 5.23. The number of aromatic nitrogens is 1. The molecule has 2 heterocycles. The number of hydrogen-bond acceptors (Lipinski definition) is 5. The minimum atomic E-state index is -0.339. The Morgan fingerprint density at radius 2 is 2.19 bits per heavy atom. The van der Waals surface area contributed by atoms with Gasteiger partial charge in [-0.3, -0.25) is 14.9 Å². The zero-order valence-corrected chi connectivity index (χ0v) is 12.8. The summed E-state index contributed by atoms with van der Waals surface area (Å²) in [6, 6.07) is 1.71. The molecule has 1 unspecified atom stereocenters. The number of piperazine rings is 1. The van der Waals surface area contributed by atoms with Crippen LogP contribution in [0, 0.1) is 6.92 Å². The number of aryl methyl sites for hydroxylation is 1. The summed E-state index contributed by atoms with van der Waals surface area (Å²) in [6.45, 7) is 7.78. The minimum Gasteiger partial charge on any atom is -0.335 e. The van der Waals surface area contributed by atoms with Gasteiger partial charge in [0.15, 0.2) is 0 Å². The van der Waals surface area contributed by atoms with E-state index < -0.39 is 0 Å². The van der Waals surface area contributed by atoms with E-state index >= 15 is 0 Å². The third-order valence-electron chi connectivity index (χ3n) is 3.60. The first-order chi connectivity index (χ1) is 10.1. The van der Waals surface area contributed by atoms with E-state index in [4.69, 9.17) is 0 Å². The van der Waals surface area contributed by atoms with E-state index in [0.717, 1.165) is 24.2 Å². The lowest BCUT2D eigenvalue weighted by atomic mass is 10.1. The number of hydrogen-bond donors (Lipinski definition) is 2. The van der Waals surface area contributed by atoms with Gasteiger partial charge in [0.05, 0.1) is 6.54 Å². The maximum Gasteiger partial charge on any atom is 0.249 e. The summed E-state index contributed by atoms with van der Waals surface area (Å²) in [7, 11) is 0. The molecular weight excluding hydrogens is 268 g/mol. The smallest absolute Gasteiger partial charge is 0.249 e. The lowest BCUT2D eigenvalue weighted by molar-refractivity contribution is -0.132. The molecule has 114 valence electrons. The van der Waals surface area contributed by atoms with Crippen LogP contribution in [0.1, 0.15) is 31.4 Å². The first kappa shape index (κ1) is 15.4. The molecule has 6 heteroatoms. The fraction of sp³-hybridized carbons (Fsp3) is 0.533. The highest BCUT2D eigenvalue weighted by molar-refractivity contribution is 6.04. The topological polar surface area (TPSA) is 74.3 Å². The Morgan fingerprint density at radius 3 is 2.81 bits per heavy atom. The zero-order valence-electron chi connectivity index (χ0n) is 12.8. The number of amides is 2. The summed E-state index contributed by atoms with van der Waals surface area (Å²) in [6.07, 6.45) is 2.44. The molecule has 1 aliphatic rings. The van der Waals surface area contributed by atoms with Gasteiger partial charge >= 0.3 is 0 Å². The molecule has 2 N–H and O–H groups in total. The maximum atomic E-state index is 11.9. The van der Waals surface area contributed by atoms with Gasteiger partial charge in [0.2, 0.25) is 11.8 Å². The lowest BCUT2D eigenvalue weighted by Gasteiger charge is -2.35. The molecule has 0 bridgehead atoms. The predicted octanol–water partition coefficient (Wildman–Crippen LogP) is 0.741. The van der Waals surface area contributed by atoms with E-state index in [1.165, 1.54) is 0 Å². The van der Waals surface area contributed by atoms with Crippen LogP contribution >= 0.6 is 0 Å². The number of anilines is 1. The van der Waals surface area contributed by atoms with E-state index in [2.05, 4.69) is 28.6 Å². The Kier molecular flexibility index (Phi) is 4.90. The highest BCUT2D eigenvalue weighted by atomic mass is 16.2. The van der Waals surface area contributed by atoms with Crippen LogP contribution in [0.2, 0.25) is 0 Å². The molecular formula is C15H22N4O2. The molecule has 0 radical (unpaired) electrons. The molecule has 1 aromatic heterocycles. The zero-order chi connectivity index (χ0) is 15.4. The van der Waals surface area contributed by atoms with Crippen molar-refractivity contribution >= 4 is 17.6 Å². The van der Waals surface area contributed by atoms with Crippen molar-refractivity contribution in [2.45, 2.75) is 39.8 Å². The van der Waals surface area contributed by atoms with Gasteiger partial charge in [-0.2, -0.15) is 0 Å². The van der Waals surface area contributed by atoms with Crippen LogP contribution in [-0.4, -0.2) is 35.9 Å². The van der Waals surface area contributed by atoms with Crippen molar-refractivity contribution in [2.75, 3.05) is 18.0 Å². The second-order valence-corrected chi connectivity index (χ2v) is 5.23. The van der Waals surface area contributed by atoms with Crippen LogP contribution in [0.4, 0.5) is 5.82 Å². The number of pyridine rings is 1. The second kappa shape index (κ2) is 6.67. The molecule has 0 aromatic carbocycles. The molecule has 1 aromatic rings. The largest absolute Gasteiger partial charge is 0.335 e. The molecule has 1 fully saturated rings. The Labute approximate surface area is 124 Å². The highest BCUT2D eigenvalue weighted by Crippen LogP contribution is 2.23. The van der Waals surface area contributed by atoms with Crippen molar-refractivity contribution in [1.82, 2.24) is 15.6 Å². The number of nitrogens with zero attached hydrogens (tertiary/aromatic N) is 2. The quantitative estimate of drug-likeness (QED) is 0.783. The summed E-state index contributed by atoms with van der Waals surface area (Å²) in [5.74, 6) is 0.194. The van der Waals surface area contributed by atoms with Crippen molar-refractivity contribution in [3.63, 3.8) is 0 Å². The Hall–Kier alpha value is -1.95. The molecule has 0 aliphatic carbocycles. The van der Waals surface area contributed by atoms with Gasteiger partial charge < -0.3 is 10.2 Å². The van der Waals surface area contributed by atoms with Crippen LogP contribution in [0.3, 0.4) is 0 Å². The van der Waals surface area contributed by atoms with E-state index in [0.29, 0.717) is 12.2 Å². The third kappa shape index (κ3) is 3.39. The van der Waals surface area contributed by atoms with Crippen LogP contribution in [0.15, 0.2) is 12.3 Å². The van der Waals surface area contributed by atoms with Crippen molar-refractivity contribution in [1.29, 1.82) is 0 Å². The SMILES string of the molecule is CCNCc1cnc(N2CC(=O)NC(=O)C2CC)c(C)c1. The van der Waals surface area contributed by atoms with Crippen LogP contribution in [-0.2, 0) is 16.1 Å². The van der Waals surface area contributed by atoms with Gasteiger partial charge in [-0.25, -0.2) is 4.98 Å². The van der Waals surface area contributed by atoms with Gasteiger partial charge in [0.1, 0.15) is 11.9 Å². The van der Waals surface area contributed by atoms with Gasteiger partial charge in [0, 0.05) is 12.7 Å². The molecule has 21 heavy (non-hydrogen) atoms. The first-order valence-corrected chi connectivity index (χ1v) is 7.33. The fourth-order valence-electron chi connectivity index (χ4n) is 2.59. The number of carbonyl (C=O) groups excluding carboxylic acids is 2. The summed E-state index contributed by atoms with van der Waals surface area (Å²) in [5, 5.41) is 5.63. The van der Waals surface area contributed by atoms with E-state index in [9.17, 15) is 9.59 Å². The minimum absolute atomic E-state index is 0.171. The first-order valence-electron chi connectivity index (χ1n) is 7.33. The summed E-state index contributed by atoms with van der Waals surface area (Å²) < 4.78 is 0. The maximum absolute atomic E-state index is 11.9. The van der Waals surface area contributed by atoms with Crippen LogP contribution in [0.25, 0.3) is 0 Å². The number of imide groups is 1.